The molecular weight excluding hydrogens is 304 g/mol. The van der Waals surface area contributed by atoms with E-state index < -0.39 is 10.0 Å². The number of nitrogens with one attached hydrogen (secondary N) is 1. The number of carbonyl (C=O) groups excluding carboxylic acids is 2. The minimum atomic E-state index is -3.54. The lowest BCUT2D eigenvalue weighted by Crippen LogP contribution is -2.36. The molecule has 1 rings (SSSR count). The molecule has 0 unspecified atom stereocenters. The summed E-state index contributed by atoms with van der Waals surface area (Å²) in [4.78, 5) is 23.1. The smallest absolute Gasteiger partial charge is 0.232 e. The number of nitrogens with zero attached hydrogens (tertiary/aromatic N) is 1. The van der Waals surface area contributed by atoms with Gasteiger partial charge in [-0.2, -0.15) is 0 Å². The Morgan fingerprint density at radius 3 is 2.41 bits per heavy atom. The second-order valence-electron chi connectivity index (χ2n) is 5.41. The monoisotopic (exact) mass is 326 g/mol. The van der Waals surface area contributed by atoms with Crippen molar-refractivity contribution in [1.82, 2.24) is 5.32 Å². The molecule has 1 amide bonds. The summed E-state index contributed by atoms with van der Waals surface area (Å²) < 4.78 is 25.1. The lowest BCUT2D eigenvalue weighted by Gasteiger charge is -2.22. The van der Waals surface area contributed by atoms with Crippen LogP contribution in [0.2, 0.25) is 0 Å². The van der Waals surface area contributed by atoms with Gasteiger partial charge < -0.3 is 5.32 Å². The van der Waals surface area contributed by atoms with Crippen molar-refractivity contribution in [2.75, 3.05) is 17.1 Å². The summed E-state index contributed by atoms with van der Waals surface area (Å²) in [5.74, 6) is -0.362. The van der Waals surface area contributed by atoms with E-state index in [0.29, 0.717) is 11.3 Å². The van der Waals surface area contributed by atoms with E-state index in [4.69, 9.17) is 0 Å². The summed E-state index contributed by atoms with van der Waals surface area (Å²) >= 11 is 0. The maximum Gasteiger partial charge on any atom is 0.232 e. The Labute approximate surface area is 131 Å². The highest BCUT2D eigenvalue weighted by atomic mass is 32.2. The summed E-state index contributed by atoms with van der Waals surface area (Å²) in [6, 6.07) is 6.37. The lowest BCUT2D eigenvalue weighted by molar-refractivity contribution is -0.121. The van der Waals surface area contributed by atoms with Gasteiger partial charge in [-0.25, -0.2) is 8.42 Å². The molecule has 0 fully saturated rings. The van der Waals surface area contributed by atoms with Crippen molar-refractivity contribution in [2.24, 2.45) is 0 Å². The van der Waals surface area contributed by atoms with E-state index in [2.05, 4.69) is 5.32 Å². The molecule has 7 heteroatoms. The summed E-state index contributed by atoms with van der Waals surface area (Å²) in [5.41, 5.74) is 0.810. The summed E-state index contributed by atoms with van der Waals surface area (Å²) in [6.45, 7) is 5.11. The first-order chi connectivity index (χ1) is 10.1. The number of hydrogen-bond donors (Lipinski definition) is 1. The molecule has 0 spiro atoms. The van der Waals surface area contributed by atoms with E-state index in [1.807, 2.05) is 13.8 Å². The molecule has 0 bridgehead atoms. The molecule has 122 valence electrons. The first-order valence-corrected chi connectivity index (χ1v) is 8.84. The third kappa shape index (κ3) is 5.48. The average molecular weight is 326 g/mol. The van der Waals surface area contributed by atoms with Gasteiger partial charge in [0, 0.05) is 24.6 Å². The molecule has 0 aliphatic rings. The zero-order valence-corrected chi connectivity index (χ0v) is 14.1. The Morgan fingerprint density at radius 2 is 1.91 bits per heavy atom. The van der Waals surface area contributed by atoms with Crippen LogP contribution in [0, 0.1) is 0 Å². The highest BCUT2D eigenvalue weighted by Crippen LogP contribution is 2.19. The zero-order valence-electron chi connectivity index (χ0n) is 13.3. The van der Waals surface area contributed by atoms with Crippen LogP contribution >= 0.6 is 0 Å². The number of carbonyl (C=O) groups is 2. The van der Waals surface area contributed by atoms with Gasteiger partial charge in [-0.05, 0) is 32.9 Å². The molecule has 0 aliphatic heterocycles. The average Bonchev–Trinajstić information content (AvgIpc) is 2.36. The van der Waals surface area contributed by atoms with Gasteiger partial charge in [-0.3, -0.25) is 13.9 Å². The molecule has 6 nitrogen and oxygen atoms in total. The van der Waals surface area contributed by atoms with Gasteiger partial charge in [-0.15, -0.1) is 0 Å². The van der Waals surface area contributed by atoms with Crippen LogP contribution in [0.25, 0.3) is 0 Å². The molecule has 0 saturated carbocycles. The van der Waals surface area contributed by atoms with E-state index >= 15 is 0 Å². The predicted octanol–water partition coefficient (Wildman–Crippen LogP) is 1.57. The summed E-state index contributed by atoms with van der Waals surface area (Å²) in [6.07, 6.45) is 1.13. The number of rotatable bonds is 7. The van der Waals surface area contributed by atoms with E-state index in [1.54, 1.807) is 18.2 Å². The molecule has 0 radical (unpaired) electrons. The highest BCUT2D eigenvalue weighted by molar-refractivity contribution is 7.92. The maximum absolute atomic E-state index is 12.0. The molecule has 1 N–H and O–H groups in total. The van der Waals surface area contributed by atoms with Crippen LogP contribution < -0.4 is 9.62 Å². The van der Waals surface area contributed by atoms with E-state index in [0.717, 1.165) is 10.6 Å². The number of benzene rings is 1. The second kappa shape index (κ2) is 7.40. The third-order valence-electron chi connectivity index (χ3n) is 2.93. The SMILES string of the molecule is CC(=O)c1cccc(N(CCC(=O)NC(C)C)S(C)(=O)=O)c1. The van der Waals surface area contributed by atoms with Crippen LogP contribution in [0.5, 0.6) is 0 Å². The Hall–Kier alpha value is -1.89. The highest BCUT2D eigenvalue weighted by Gasteiger charge is 2.19. The Bertz CT molecular complexity index is 653. The number of amides is 1. The van der Waals surface area contributed by atoms with Gasteiger partial charge in [-0.1, -0.05) is 12.1 Å². The maximum atomic E-state index is 12.0. The van der Waals surface area contributed by atoms with Crippen molar-refractivity contribution < 1.29 is 18.0 Å². The Kier molecular flexibility index (Phi) is 6.11. The van der Waals surface area contributed by atoms with Crippen molar-refractivity contribution in [2.45, 2.75) is 33.2 Å². The predicted molar refractivity (Wildman–Crippen MR) is 86.5 cm³/mol. The number of sulfonamides is 1. The standard InChI is InChI=1S/C15H22N2O4S/c1-11(2)16-15(19)8-9-17(22(4,20)21)14-7-5-6-13(10-14)12(3)18/h5-7,10-11H,8-9H2,1-4H3,(H,16,19). The van der Waals surface area contributed by atoms with Gasteiger partial charge in [0.15, 0.2) is 5.78 Å². The lowest BCUT2D eigenvalue weighted by atomic mass is 10.1. The topological polar surface area (TPSA) is 83.6 Å². The van der Waals surface area contributed by atoms with Crippen LogP contribution in [-0.4, -0.2) is 39.0 Å². The van der Waals surface area contributed by atoms with Gasteiger partial charge in [0.25, 0.3) is 0 Å². The van der Waals surface area contributed by atoms with Gasteiger partial charge in [0.1, 0.15) is 0 Å². The second-order valence-corrected chi connectivity index (χ2v) is 7.32. The number of anilines is 1. The fourth-order valence-corrected chi connectivity index (χ4v) is 2.88. The fraction of sp³-hybridized carbons (Fsp3) is 0.467. The van der Waals surface area contributed by atoms with Crippen molar-refractivity contribution >= 4 is 27.4 Å². The van der Waals surface area contributed by atoms with Crippen molar-refractivity contribution in [1.29, 1.82) is 0 Å². The van der Waals surface area contributed by atoms with Gasteiger partial charge in [0.05, 0.1) is 11.9 Å². The Morgan fingerprint density at radius 1 is 1.27 bits per heavy atom. The molecule has 0 heterocycles. The zero-order chi connectivity index (χ0) is 16.9. The van der Waals surface area contributed by atoms with E-state index in [-0.39, 0.29) is 30.7 Å². The van der Waals surface area contributed by atoms with Crippen molar-refractivity contribution in [3.63, 3.8) is 0 Å². The van der Waals surface area contributed by atoms with Gasteiger partial charge in [0.2, 0.25) is 15.9 Å². The fourth-order valence-electron chi connectivity index (χ4n) is 1.96. The first-order valence-electron chi connectivity index (χ1n) is 6.99. The number of ketones is 1. The summed E-state index contributed by atoms with van der Waals surface area (Å²) in [7, 11) is -3.54. The van der Waals surface area contributed by atoms with Crippen LogP contribution in [0.3, 0.4) is 0 Å². The minimum Gasteiger partial charge on any atom is -0.354 e. The largest absolute Gasteiger partial charge is 0.354 e. The van der Waals surface area contributed by atoms with E-state index in [1.165, 1.54) is 13.0 Å². The van der Waals surface area contributed by atoms with Crippen LogP contribution in [0.4, 0.5) is 5.69 Å². The molecule has 22 heavy (non-hydrogen) atoms. The third-order valence-corrected chi connectivity index (χ3v) is 4.13. The molecule has 0 saturated heterocycles. The van der Waals surface area contributed by atoms with Gasteiger partial charge >= 0.3 is 0 Å². The quantitative estimate of drug-likeness (QED) is 0.771. The summed E-state index contributed by atoms with van der Waals surface area (Å²) in [5, 5.41) is 2.72. The van der Waals surface area contributed by atoms with Crippen molar-refractivity contribution in [3.8, 4) is 0 Å². The van der Waals surface area contributed by atoms with Crippen LogP contribution in [0.15, 0.2) is 24.3 Å². The number of hydrogen-bond acceptors (Lipinski definition) is 4. The Balaban J connectivity index is 2.98. The molecule has 1 aromatic carbocycles. The molecular formula is C15H22N2O4S. The minimum absolute atomic E-state index is 0.000208. The van der Waals surface area contributed by atoms with E-state index in [9.17, 15) is 18.0 Å². The van der Waals surface area contributed by atoms with Crippen LogP contribution in [0.1, 0.15) is 37.6 Å². The molecule has 0 aromatic heterocycles. The number of Topliss-reactive ketones (excluding diaryl/α,β-unsaturated/α-hetero) is 1. The van der Waals surface area contributed by atoms with Crippen molar-refractivity contribution in [3.05, 3.63) is 29.8 Å². The first kappa shape index (κ1) is 18.2. The van der Waals surface area contributed by atoms with Crippen LogP contribution in [-0.2, 0) is 14.8 Å². The molecule has 0 atom stereocenters. The molecule has 0 aliphatic carbocycles. The molecule has 1 aromatic rings. The normalized spacial score (nSPS) is 11.3.